The summed E-state index contributed by atoms with van der Waals surface area (Å²) in [7, 11) is 1.62. The molecular weight excluding hydrogens is 162 g/mol. The van der Waals surface area contributed by atoms with Gasteiger partial charge >= 0.3 is 0 Å². The third kappa shape index (κ3) is 8.86. The fraction of sp³-hybridized carbons (Fsp3) is 0.545. The second-order valence-electron chi connectivity index (χ2n) is 2.90. The molecule has 0 spiro atoms. The van der Waals surface area contributed by atoms with Crippen molar-refractivity contribution in [1.29, 1.82) is 0 Å². The van der Waals surface area contributed by atoms with Crippen LogP contribution in [0.2, 0.25) is 0 Å². The molecule has 0 radical (unpaired) electrons. The third-order valence-electron chi connectivity index (χ3n) is 1.72. The maximum atomic E-state index is 10.7. The third-order valence-corrected chi connectivity index (χ3v) is 1.72. The van der Waals surface area contributed by atoms with Gasteiger partial charge in [0.05, 0.1) is 0 Å². The van der Waals surface area contributed by atoms with E-state index in [1.165, 1.54) is 25.3 Å². The van der Waals surface area contributed by atoms with Crippen molar-refractivity contribution >= 4 is 5.91 Å². The minimum atomic E-state index is -0.0572. The zero-order valence-corrected chi connectivity index (χ0v) is 8.55. The van der Waals surface area contributed by atoms with Crippen molar-refractivity contribution in [2.75, 3.05) is 7.05 Å². The molecule has 0 heterocycles. The van der Waals surface area contributed by atoms with Gasteiger partial charge < -0.3 is 5.32 Å². The van der Waals surface area contributed by atoms with Gasteiger partial charge in [-0.3, -0.25) is 4.79 Å². The molecule has 13 heavy (non-hydrogen) atoms. The predicted molar refractivity (Wildman–Crippen MR) is 56.5 cm³/mol. The Hall–Kier alpha value is -1.05. The van der Waals surface area contributed by atoms with Crippen LogP contribution in [0, 0.1) is 0 Å². The van der Waals surface area contributed by atoms with Crippen molar-refractivity contribution in [2.24, 2.45) is 0 Å². The minimum Gasteiger partial charge on any atom is -0.356 e. The van der Waals surface area contributed by atoms with Crippen molar-refractivity contribution in [3.8, 4) is 0 Å². The van der Waals surface area contributed by atoms with E-state index in [0.29, 0.717) is 0 Å². The first-order valence-electron chi connectivity index (χ1n) is 4.86. The van der Waals surface area contributed by atoms with Crippen LogP contribution in [-0.2, 0) is 4.79 Å². The highest BCUT2D eigenvalue weighted by atomic mass is 16.1. The van der Waals surface area contributed by atoms with Crippen LogP contribution in [0.15, 0.2) is 24.3 Å². The number of nitrogens with one attached hydrogen (secondary N) is 1. The molecule has 0 saturated carbocycles. The SMILES string of the molecule is CCCCC/C=C\C=C\C(=O)NC. The summed E-state index contributed by atoms with van der Waals surface area (Å²) >= 11 is 0. The van der Waals surface area contributed by atoms with Gasteiger partial charge in [0.1, 0.15) is 0 Å². The summed E-state index contributed by atoms with van der Waals surface area (Å²) in [4.78, 5) is 10.7. The lowest BCUT2D eigenvalue weighted by molar-refractivity contribution is -0.116. The van der Waals surface area contributed by atoms with Gasteiger partial charge in [-0.2, -0.15) is 0 Å². The van der Waals surface area contributed by atoms with Crippen molar-refractivity contribution in [1.82, 2.24) is 5.32 Å². The van der Waals surface area contributed by atoms with Crippen LogP contribution in [0.1, 0.15) is 32.6 Å². The molecule has 0 atom stereocenters. The number of carbonyl (C=O) groups excluding carboxylic acids is 1. The Kier molecular flexibility index (Phi) is 8.31. The first-order valence-corrected chi connectivity index (χ1v) is 4.86. The van der Waals surface area contributed by atoms with Gasteiger partial charge in [-0.15, -0.1) is 0 Å². The van der Waals surface area contributed by atoms with E-state index in [4.69, 9.17) is 0 Å². The Morgan fingerprint density at radius 3 is 2.69 bits per heavy atom. The Bertz CT molecular complexity index is 183. The lowest BCUT2D eigenvalue weighted by Gasteiger charge is -1.90. The van der Waals surface area contributed by atoms with Gasteiger partial charge in [0.15, 0.2) is 0 Å². The molecule has 0 aliphatic heterocycles. The van der Waals surface area contributed by atoms with E-state index < -0.39 is 0 Å². The molecule has 2 nitrogen and oxygen atoms in total. The number of allylic oxidation sites excluding steroid dienone is 3. The second-order valence-corrected chi connectivity index (χ2v) is 2.90. The highest BCUT2D eigenvalue weighted by Crippen LogP contribution is 1.99. The van der Waals surface area contributed by atoms with E-state index in [9.17, 15) is 4.79 Å². The van der Waals surface area contributed by atoms with E-state index >= 15 is 0 Å². The molecule has 0 aromatic rings. The number of hydrogen-bond donors (Lipinski definition) is 1. The summed E-state index contributed by atoms with van der Waals surface area (Å²) in [6.07, 6.45) is 12.2. The second kappa shape index (κ2) is 9.04. The number of hydrogen-bond acceptors (Lipinski definition) is 1. The first kappa shape index (κ1) is 11.9. The Balaban J connectivity index is 3.40. The zero-order valence-electron chi connectivity index (χ0n) is 8.55. The Labute approximate surface area is 80.7 Å². The maximum absolute atomic E-state index is 10.7. The number of carbonyl (C=O) groups is 1. The van der Waals surface area contributed by atoms with Gasteiger partial charge in [0.2, 0.25) is 5.91 Å². The quantitative estimate of drug-likeness (QED) is 0.380. The maximum Gasteiger partial charge on any atom is 0.243 e. The molecule has 0 aliphatic carbocycles. The monoisotopic (exact) mass is 181 g/mol. The number of rotatable bonds is 6. The average Bonchev–Trinajstić information content (AvgIpc) is 2.16. The zero-order chi connectivity index (χ0) is 9.94. The molecule has 0 aromatic heterocycles. The van der Waals surface area contributed by atoms with E-state index in [1.807, 2.05) is 6.08 Å². The molecule has 0 saturated heterocycles. The van der Waals surface area contributed by atoms with Gasteiger partial charge in [-0.25, -0.2) is 0 Å². The topological polar surface area (TPSA) is 29.1 Å². The molecule has 0 aliphatic rings. The minimum absolute atomic E-state index is 0.0572. The van der Waals surface area contributed by atoms with E-state index in [0.717, 1.165) is 6.42 Å². The van der Waals surface area contributed by atoms with Crippen LogP contribution in [0.25, 0.3) is 0 Å². The van der Waals surface area contributed by atoms with Gasteiger partial charge in [-0.1, -0.05) is 38.0 Å². The molecule has 1 N–H and O–H groups in total. The largest absolute Gasteiger partial charge is 0.356 e. The molecule has 0 aromatic carbocycles. The first-order chi connectivity index (χ1) is 6.31. The number of unbranched alkanes of at least 4 members (excludes halogenated alkanes) is 3. The van der Waals surface area contributed by atoms with Crippen molar-refractivity contribution in [3.63, 3.8) is 0 Å². The average molecular weight is 181 g/mol. The molecule has 0 unspecified atom stereocenters. The predicted octanol–water partition coefficient (Wildman–Crippen LogP) is 2.43. The summed E-state index contributed by atoms with van der Waals surface area (Å²) in [5.41, 5.74) is 0. The normalized spacial score (nSPS) is 11.2. The number of amides is 1. The van der Waals surface area contributed by atoms with Crippen molar-refractivity contribution < 1.29 is 4.79 Å². The Morgan fingerprint density at radius 1 is 1.31 bits per heavy atom. The van der Waals surface area contributed by atoms with Crippen LogP contribution in [-0.4, -0.2) is 13.0 Å². The van der Waals surface area contributed by atoms with E-state index in [1.54, 1.807) is 13.1 Å². The highest BCUT2D eigenvalue weighted by Gasteiger charge is 1.84. The fourth-order valence-electron chi connectivity index (χ4n) is 0.913. The lowest BCUT2D eigenvalue weighted by atomic mass is 10.2. The lowest BCUT2D eigenvalue weighted by Crippen LogP contribution is -2.13. The summed E-state index contributed by atoms with van der Waals surface area (Å²) in [6, 6.07) is 0. The summed E-state index contributed by atoms with van der Waals surface area (Å²) < 4.78 is 0. The fourth-order valence-corrected chi connectivity index (χ4v) is 0.913. The summed E-state index contributed by atoms with van der Waals surface area (Å²) in [6.45, 7) is 2.19. The Morgan fingerprint density at radius 2 is 2.08 bits per heavy atom. The van der Waals surface area contributed by atoms with Crippen molar-refractivity contribution in [2.45, 2.75) is 32.6 Å². The highest BCUT2D eigenvalue weighted by molar-refractivity contribution is 5.87. The molecule has 0 fully saturated rings. The molecule has 0 rings (SSSR count). The van der Waals surface area contributed by atoms with Crippen LogP contribution >= 0.6 is 0 Å². The summed E-state index contributed by atoms with van der Waals surface area (Å²) in [5.74, 6) is -0.0572. The smallest absolute Gasteiger partial charge is 0.243 e. The number of likely N-dealkylation sites (N-methyl/N-ethyl adjacent to an activating group) is 1. The van der Waals surface area contributed by atoms with Crippen LogP contribution in [0.4, 0.5) is 0 Å². The van der Waals surface area contributed by atoms with Crippen LogP contribution in [0.3, 0.4) is 0 Å². The van der Waals surface area contributed by atoms with E-state index in [-0.39, 0.29) is 5.91 Å². The van der Waals surface area contributed by atoms with Crippen molar-refractivity contribution in [3.05, 3.63) is 24.3 Å². The van der Waals surface area contributed by atoms with Crippen LogP contribution in [0.5, 0.6) is 0 Å². The van der Waals surface area contributed by atoms with Gasteiger partial charge in [0.25, 0.3) is 0 Å². The molecular formula is C11H19NO. The van der Waals surface area contributed by atoms with E-state index in [2.05, 4.69) is 18.3 Å². The van der Waals surface area contributed by atoms with Gasteiger partial charge in [0, 0.05) is 13.1 Å². The summed E-state index contributed by atoms with van der Waals surface area (Å²) in [5, 5.41) is 2.52. The van der Waals surface area contributed by atoms with Gasteiger partial charge in [-0.05, 0) is 12.8 Å². The molecule has 0 bridgehead atoms. The molecule has 74 valence electrons. The molecule has 1 amide bonds. The van der Waals surface area contributed by atoms with Crippen LogP contribution < -0.4 is 5.32 Å². The standard InChI is InChI=1S/C11H19NO/c1-3-4-5-6-7-8-9-10-11(13)12-2/h7-10H,3-6H2,1-2H3,(H,12,13)/b8-7-,10-9+. The molecule has 2 heteroatoms.